The molecule has 2 atom stereocenters. The van der Waals surface area contributed by atoms with Crippen molar-refractivity contribution in [2.45, 2.75) is 6.42 Å². The standard InChI is InChI=1S/C12H14ClNO2/c13-10-3-1-2-8(5-10)4-9-6-14-7-11(9)12(15)16/h1-3,5,9,11,14H,4,6-7H2,(H,15,16). The van der Waals surface area contributed by atoms with Crippen LogP contribution in [0.25, 0.3) is 0 Å². The second-order valence-electron chi connectivity index (χ2n) is 4.20. The molecule has 2 unspecified atom stereocenters. The summed E-state index contributed by atoms with van der Waals surface area (Å²) in [6.07, 6.45) is 0.768. The number of aliphatic carboxylic acids is 1. The zero-order chi connectivity index (χ0) is 11.5. The van der Waals surface area contributed by atoms with Crippen molar-refractivity contribution in [2.75, 3.05) is 13.1 Å². The molecule has 4 heteroatoms. The van der Waals surface area contributed by atoms with Crippen LogP contribution in [0.4, 0.5) is 0 Å². The Kier molecular flexibility index (Phi) is 3.46. The number of halogens is 1. The zero-order valence-electron chi connectivity index (χ0n) is 8.82. The van der Waals surface area contributed by atoms with Crippen LogP contribution in [0.15, 0.2) is 24.3 Å². The lowest BCUT2D eigenvalue weighted by Gasteiger charge is -2.14. The van der Waals surface area contributed by atoms with Gasteiger partial charge in [0.1, 0.15) is 0 Å². The summed E-state index contributed by atoms with van der Waals surface area (Å²) in [5, 5.41) is 12.9. The predicted molar refractivity (Wildman–Crippen MR) is 62.6 cm³/mol. The van der Waals surface area contributed by atoms with Crippen molar-refractivity contribution in [1.82, 2.24) is 5.32 Å². The van der Waals surface area contributed by atoms with Crippen molar-refractivity contribution < 1.29 is 9.90 Å². The van der Waals surface area contributed by atoms with Crippen molar-refractivity contribution >= 4 is 17.6 Å². The minimum Gasteiger partial charge on any atom is -0.481 e. The first-order valence-corrected chi connectivity index (χ1v) is 5.72. The Balaban J connectivity index is 2.06. The highest BCUT2D eigenvalue weighted by Gasteiger charge is 2.32. The predicted octanol–water partition coefficient (Wildman–Crippen LogP) is 1.80. The number of benzene rings is 1. The molecule has 1 saturated heterocycles. The molecule has 0 aromatic heterocycles. The van der Waals surface area contributed by atoms with Crippen LogP contribution in [-0.4, -0.2) is 24.2 Å². The maximum Gasteiger partial charge on any atom is 0.308 e. The Bertz CT molecular complexity index is 394. The van der Waals surface area contributed by atoms with E-state index in [-0.39, 0.29) is 11.8 Å². The Hall–Kier alpha value is -1.06. The van der Waals surface area contributed by atoms with Crippen LogP contribution in [0.2, 0.25) is 5.02 Å². The number of nitrogens with one attached hydrogen (secondary N) is 1. The second kappa shape index (κ2) is 4.85. The van der Waals surface area contributed by atoms with Crippen LogP contribution in [0.3, 0.4) is 0 Å². The van der Waals surface area contributed by atoms with Gasteiger partial charge in [-0.05, 0) is 36.6 Å². The highest BCUT2D eigenvalue weighted by atomic mass is 35.5. The Morgan fingerprint density at radius 1 is 1.50 bits per heavy atom. The van der Waals surface area contributed by atoms with E-state index < -0.39 is 5.97 Å². The van der Waals surface area contributed by atoms with E-state index in [0.29, 0.717) is 11.6 Å². The van der Waals surface area contributed by atoms with Gasteiger partial charge in [-0.25, -0.2) is 0 Å². The quantitative estimate of drug-likeness (QED) is 0.846. The minimum absolute atomic E-state index is 0.163. The fraction of sp³-hybridized carbons (Fsp3) is 0.417. The van der Waals surface area contributed by atoms with Crippen LogP contribution >= 0.6 is 11.6 Å². The summed E-state index contributed by atoms with van der Waals surface area (Å²) in [6.45, 7) is 1.34. The molecule has 86 valence electrons. The molecule has 1 aromatic carbocycles. The smallest absolute Gasteiger partial charge is 0.308 e. The fourth-order valence-electron chi connectivity index (χ4n) is 2.20. The van der Waals surface area contributed by atoms with E-state index in [4.69, 9.17) is 16.7 Å². The number of carboxylic acid groups (broad SMARTS) is 1. The third kappa shape index (κ3) is 2.54. The van der Waals surface area contributed by atoms with Crippen LogP contribution in [-0.2, 0) is 11.2 Å². The molecule has 1 aliphatic rings. The topological polar surface area (TPSA) is 49.3 Å². The molecule has 2 rings (SSSR count). The van der Waals surface area contributed by atoms with Gasteiger partial charge in [-0.15, -0.1) is 0 Å². The Morgan fingerprint density at radius 3 is 3.00 bits per heavy atom. The molecule has 1 heterocycles. The summed E-state index contributed by atoms with van der Waals surface area (Å²) in [6, 6.07) is 7.62. The number of hydrogen-bond acceptors (Lipinski definition) is 2. The molecule has 1 aliphatic heterocycles. The van der Waals surface area contributed by atoms with Gasteiger partial charge in [-0.3, -0.25) is 4.79 Å². The SMILES string of the molecule is O=C(O)C1CNCC1Cc1cccc(Cl)c1. The van der Waals surface area contributed by atoms with Crippen molar-refractivity contribution in [2.24, 2.45) is 11.8 Å². The zero-order valence-corrected chi connectivity index (χ0v) is 9.57. The lowest BCUT2D eigenvalue weighted by atomic mass is 9.90. The lowest BCUT2D eigenvalue weighted by Crippen LogP contribution is -2.23. The molecular formula is C12H14ClNO2. The van der Waals surface area contributed by atoms with Crippen LogP contribution in [0.1, 0.15) is 5.56 Å². The van der Waals surface area contributed by atoms with Gasteiger partial charge in [0.15, 0.2) is 0 Å². The Morgan fingerprint density at radius 2 is 2.31 bits per heavy atom. The van der Waals surface area contributed by atoms with E-state index in [9.17, 15) is 4.79 Å². The normalized spacial score (nSPS) is 24.6. The summed E-state index contributed by atoms with van der Waals surface area (Å²) < 4.78 is 0. The molecule has 0 aliphatic carbocycles. The van der Waals surface area contributed by atoms with Crippen molar-refractivity contribution in [3.05, 3.63) is 34.9 Å². The van der Waals surface area contributed by atoms with E-state index in [1.807, 2.05) is 24.3 Å². The van der Waals surface area contributed by atoms with E-state index in [1.54, 1.807) is 0 Å². The molecule has 3 nitrogen and oxygen atoms in total. The molecule has 0 spiro atoms. The third-order valence-electron chi connectivity index (χ3n) is 3.04. The van der Waals surface area contributed by atoms with E-state index in [1.165, 1.54) is 0 Å². The summed E-state index contributed by atoms with van der Waals surface area (Å²) in [5.41, 5.74) is 1.10. The maximum atomic E-state index is 11.0. The summed E-state index contributed by atoms with van der Waals surface area (Å²) in [7, 11) is 0. The minimum atomic E-state index is -0.711. The van der Waals surface area contributed by atoms with Gasteiger partial charge in [0, 0.05) is 11.6 Å². The first kappa shape index (κ1) is 11.4. The molecule has 0 amide bonds. The van der Waals surface area contributed by atoms with E-state index in [0.717, 1.165) is 18.5 Å². The summed E-state index contributed by atoms with van der Waals surface area (Å²) in [4.78, 5) is 11.0. The molecule has 0 saturated carbocycles. The molecule has 2 N–H and O–H groups in total. The number of rotatable bonds is 3. The van der Waals surface area contributed by atoms with Crippen LogP contribution in [0, 0.1) is 11.8 Å². The van der Waals surface area contributed by atoms with Gasteiger partial charge in [-0.1, -0.05) is 23.7 Å². The lowest BCUT2D eigenvalue weighted by molar-refractivity contribution is -0.142. The second-order valence-corrected chi connectivity index (χ2v) is 4.63. The monoisotopic (exact) mass is 239 g/mol. The highest BCUT2D eigenvalue weighted by molar-refractivity contribution is 6.30. The van der Waals surface area contributed by atoms with Gasteiger partial charge >= 0.3 is 5.97 Å². The maximum absolute atomic E-state index is 11.0. The largest absolute Gasteiger partial charge is 0.481 e. The molecule has 1 aromatic rings. The van der Waals surface area contributed by atoms with E-state index >= 15 is 0 Å². The average molecular weight is 240 g/mol. The third-order valence-corrected chi connectivity index (χ3v) is 3.28. The van der Waals surface area contributed by atoms with Crippen LogP contribution in [0.5, 0.6) is 0 Å². The van der Waals surface area contributed by atoms with Gasteiger partial charge in [0.25, 0.3) is 0 Å². The van der Waals surface area contributed by atoms with Crippen LogP contribution < -0.4 is 5.32 Å². The van der Waals surface area contributed by atoms with Crippen molar-refractivity contribution in [1.29, 1.82) is 0 Å². The molecule has 1 fully saturated rings. The van der Waals surface area contributed by atoms with E-state index in [2.05, 4.69) is 5.32 Å². The van der Waals surface area contributed by atoms with Gasteiger partial charge in [0.05, 0.1) is 5.92 Å². The number of carbonyl (C=O) groups is 1. The average Bonchev–Trinajstić information content (AvgIpc) is 2.66. The fourth-order valence-corrected chi connectivity index (χ4v) is 2.42. The summed E-state index contributed by atoms with van der Waals surface area (Å²) >= 11 is 5.90. The molecule has 0 bridgehead atoms. The molecule has 0 radical (unpaired) electrons. The first-order valence-electron chi connectivity index (χ1n) is 5.35. The summed E-state index contributed by atoms with van der Waals surface area (Å²) in [5.74, 6) is -0.827. The van der Waals surface area contributed by atoms with Gasteiger partial charge in [0.2, 0.25) is 0 Å². The Labute approximate surface area is 99.4 Å². The molecule has 16 heavy (non-hydrogen) atoms. The number of carboxylic acids is 1. The highest BCUT2D eigenvalue weighted by Crippen LogP contribution is 2.23. The van der Waals surface area contributed by atoms with Crippen molar-refractivity contribution in [3.63, 3.8) is 0 Å². The van der Waals surface area contributed by atoms with Crippen molar-refractivity contribution in [3.8, 4) is 0 Å². The van der Waals surface area contributed by atoms with Gasteiger partial charge < -0.3 is 10.4 Å². The molecular weight excluding hydrogens is 226 g/mol. The first-order chi connectivity index (χ1) is 7.66. The van der Waals surface area contributed by atoms with Gasteiger partial charge in [-0.2, -0.15) is 0 Å². The number of hydrogen-bond donors (Lipinski definition) is 2.